The fourth-order valence-corrected chi connectivity index (χ4v) is 4.11. The van der Waals surface area contributed by atoms with Gasteiger partial charge in [-0.25, -0.2) is 8.42 Å². The van der Waals surface area contributed by atoms with Crippen molar-refractivity contribution < 1.29 is 17.7 Å². The van der Waals surface area contributed by atoms with E-state index < -0.39 is 9.84 Å². The summed E-state index contributed by atoms with van der Waals surface area (Å²) in [6.07, 6.45) is 4.28. The van der Waals surface area contributed by atoms with Crippen LogP contribution < -0.4 is 5.32 Å². The van der Waals surface area contributed by atoms with Crippen LogP contribution in [0.5, 0.6) is 0 Å². The Hall–Kier alpha value is -1.37. The molecule has 1 aliphatic carbocycles. The minimum Gasteiger partial charge on any atom is -0.361 e. The van der Waals surface area contributed by atoms with Gasteiger partial charge in [0.25, 0.3) is 0 Å². The summed E-state index contributed by atoms with van der Waals surface area (Å²) in [5, 5.41) is 6.64. The number of rotatable bonds is 6. The van der Waals surface area contributed by atoms with E-state index in [0.29, 0.717) is 17.0 Å². The van der Waals surface area contributed by atoms with Crippen LogP contribution in [-0.4, -0.2) is 31.3 Å². The number of hydrogen-bond donors (Lipinski definition) is 1. The summed E-state index contributed by atoms with van der Waals surface area (Å²) in [6, 6.07) is 0.225. The first kappa shape index (κ1) is 16.0. The first-order valence-corrected chi connectivity index (χ1v) is 9.11. The molecule has 0 aromatic carbocycles. The molecule has 1 N–H and O–H groups in total. The summed E-state index contributed by atoms with van der Waals surface area (Å²) in [6.45, 7) is 3.41. The van der Waals surface area contributed by atoms with Crippen molar-refractivity contribution in [3.8, 4) is 0 Å². The van der Waals surface area contributed by atoms with Crippen molar-refractivity contribution in [1.29, 1.82) is 0 Å². The van der Waals surface area contributed by atoms with E-state index in [1.807, 2.05) is 0 Å². The SMILES string of the molecule is Cc1noc(C)c1CS(=O)(=O)CCC(=O)NC1CCCC1. The van der Waals surface area contributed by atoms with Crippen molar-refractivity contribution >= 4 is 15.7 Å². The molecule has 1 aliphatic rings. The molecule has 1 fully saturated rings. The Balaban J connectivity index is 1.85. The van der Waals surface area contributed by atoms with E-state index in [4.69, 9.17) is 4.52 Å². The molecule has 1 aromatic rings. The van der Waals surface area contributed by atoms with Crippen molar-refractivity contribution in [2.45, 2.75) is 57.7 Å². The van der Waals surface area contributed by atoms with Gasteiger partial charge in [-0.1, -0.05) is 18.0 Å². The number of hydrogen-bond acceptors (Lipinski definition) is 5. The van der Waals surface area contributed by atoms with Gasteiger partial charge in [-0.3, -0.25) is 4.79 Å². The highest BCUT2D eigenvalue weighted by molar-refractivity contribution is 7.90. The van der Waals surface area contributed by atoms with Crippen LogP contribution in [0.4, 0.5) is 0 Å². The lowest BCUT2D eigenvalue weighted by atomic mass is 10.2. The number of aryl methyl sites for hydroxylation is 2. The summed E-state index contributed by atoms with van der Waals surface area (Å²) in [4.78, 5) is 11.8. The molecule has 0 aliphatic heterocycles. The zero-order valence-corrected chi connectivity index (χ0v) is 13.3. The van der Waals surface area contributed by atoms with Gasteiger partial charge in [-0.15, -0.1) is 0 Å². The molecule has 118 valence electrons. The van der Waals surface area contributed by atoms with E-state index in [9.17, 15) is 13.2 Å². The van der Waals surface area contributed by atoms with E-state index in [-0.39, 0.29) is 29.9 Å². The van der Waals surface area contributed by atoms with Crippen LogP contribution in [0.15, 0.2) is 4.52 Å². The lowest BCUT2D eigenvalue weighted by Crippen LogP contribution is -2.33. The lowest BCUT2D eigenvalue weighted by molar-refractivity contribution is -0.121. The van der Waals surface area contributed by atoms with Gasteiger partial charge in [-0.2, -0.15) is 0 Å². The summed E-state index contributed by atoms with van der Waals surface area (Å²) >= 11 is 0. The largest absolute Gasteiger partial charge is 0.361 e. The normalized spacial score (nSPS) is 16.3. The van der Waals surface area contributed by atoms with E-state index in [2.05, 4.69) is 10.5 Å². The smallest absolute Gasteiger partial charge is 0.221 e. The molecule has 0 spiro atoms. The Kier molecular flexibility index (Phi) is 5.03. The van der Waals surface area contributed by atoms with E-state index >= 15 is 0 Å². The fourth-order valence-electron chi connectivity index (χ4n) is 2.62. The second-order valence-electron chi connectivity index (χ2n) is 5.69. The molecule has 0 radical (unpaired) electrons. The molecule has 2 rings (SSSR count). The van der Waals surface area contributed by atoms with Crippen LogP contribution in [0.25, 0.3) is 0 Å². The molecule has 6 nitrogen and oxygen atoms in total. The average Bonchev–Trinajstić information content (AvgIpc) is 3.02. The molecule has 1 aromatic heterocycles. The van der Waals surface area contributed by atoms with Crippen molar-refractivity contribution in [2.75, 3.05) is 5.75 Å². The molecular weight excluding hydrogens is 292 g/mol. The fraction of sp³-hybridized carbons (Fsp3) is 0.714. The molecule has 0 bridgehead atoms. The quantitative estimate of drug-likeness (QED) is 0.862. The highest BCUT2D eigenvalue weighted by Crippen LogP contribution is 2.18. The Bertz CT molecular complexity index is 581. The second-order valence-corrected chi connectivity index (χ2v) is 7.88. The second kappa shape index (κ2) is 6.60. The molecule has 1 saturated carbocycles. The third-order valence-electron chi connectivity index (χ3n) is 3.91. The van der Waals surface area contributed by atoms with Gasteiger partial charge < -0.3 is 9.84 Å². The highest BCUT2D eigenvalue weighted by atomic mass is 32.2. The summed E-state index contributed by atoms with van der Waals surface area (Å²) in [7, 11) is -3.34. The van der Waals surface area contributed by atoms with Gasteiger partial charge >= 0.3 is 0 Å². The maximum atomic E-state index is 12.1. The van der Waals surface area contributed by atoms with Crippen molar-refractivity contribution in [3.05, 3.63) is 17.0 Å². The molecule has 1 amide bonds. The first-order chi connectivity index (χ1) is 9.87. The zero-order chi connectivity index (χ0) is 15.5. The van der Waals surface area contributed by atoms with Crippen molar-refractivity contribution in [1.82, 2.24) is 10.5 Å². The molecule has 0 atom stereocenters. The molecular formula is C14H22N2O4S. The number of sulfone groups is 1. The number of carbonyl (C=O) groups is 1. The number of amides is 1. The summed E-state index contributed by atoms with van der Waals surface area (Å²) < 4.78 is 29.2. The number of nitrogens with one attached hydrogen (secondary N) is 1. The van der Waals surface area contributed by atoms with Crippen molar-refractivity contribution in [2.24, 2.45) is 0 Å². The van der Waals surface area contributed by atoms with Gasteiger partial charge in [0.15, 0.2) is 9.84 Å². The Morgan fingerprint density at radius 3 is 2.57 bits per heavy atom. The summed E-state index contributed by atoms with van der Waals surface area (Å²) in [5.74, 6) is 0.0799. The first-order valence-electron chi connectivity index (χ1n) is 7.29. The van der Waals surface area contributed by atoms with E-state index in [1.54, 1.807) is 13.8 Å². The van der Waals surface area contributed by atoms with Gasteiger partial charge in [0, 0.05) is 18.0 Å². The van der Waals surface area contributed by atoms with Gasteiger partial charge in [-0.05, 0) is 26.7 Å². The Labute approximate surface area is 125 Å². The molecule has 7 heteroatoms. The monoisotopic (exact) mass is 314 g/mol. The predicted octanol–water partition coefficient (Wildman–Crippen LogP) is 1.66. The standard InChI is InChI=1S/C14H22N2O4S/c1-10-13(11(2)20-16-10)9-21(18,19)8-7-14(17)15-12-5-3-4-6-12/h12H,3-9H2,1-2H3,(H,15,17). The topological polar surface area (TPSA) is 89.3 Å². The molecule has 0 saturated heterocycles. The van der Waals surface area contributed by atoms with Crippen LogP contribution >= 0.6 is 0 Å². The molecule has 21 heavy (non-hydrogen) atoms. The zero-order valence-electron chi connectivity index (χ0n) is 12.5. The van der Waals surface area contributed by atoms with Crippen LogP contribution in [0.1, 0.15) is 49.1 Å². The lowest BCUT2D eigenvalue weighted by Gasteiger charge is -2.11. The van der Waals surface area contributed by atoms with Crippen LogP contribution in [0.3, 0.4) is 0 Å². The average molecular weight is 314 g/mol. The van der Waals surface area contributed by atoms with E-state index in [1.165, 1.54) is 0 Å². The van der Waals surface area contributed by atoms with Gasteiger partial charge in [0.2, 0.25) is 5.91 Å². The third kappa shape index (κ3) is 4.56. The highest BCUT2D eigenvalue weighted by Gasteiger charge is 2.21. The summed E-state index contributed by atoms with van der Waals surface area (Å²) in [5.41, 5.74) is 1.19. The maximum absolute atomic E-state index is 12.1. The Morgan fingerprint density at radius 2 is 2.00 bits per heavy atom. The van der Waals surface area contributed by atoms with E-state index in [0.717, 1.165) is 25.7 Å². The van der Waals surface area contributed by atoms with Crippen LogP contribution in [-0.2, 0) is 20.4 Å². The molecule has 1 heterocycles. The predicted molar refractivity (Wildman–Crippen MR) is 78.5 cm³/mol. The van der Waals surface area contributed by atoms with Gasteiger partial charge in [0.05, 0.1) is 17.2 Å². The Morgan fingerprint density at radius 1 is 1.33 bits per heavy atom. The maximum Gasteiger partial charge on any atom is 0.221 e. The third-order valence-corrected chi connectivity index (χ3v) is 5.46. The van der Waals surface area contributed by atoms with Crippen LogP contribution in [0, 0.1) is 13.8 Å². The van der Waals surface area contributed by atoms with Crippen molar-refractivity contribution in [3.63, 3.8) is 0 Å². The number of nitrogens with zero attached hydrogens (tertiary/aromatic N) is 1. The minimum absolute atomic E-state index is 0.0161. The van der Waals surface area contributed by atoms with Gasteiger partial charge in [0.1, 0.15) is 5.76 Å². The molecule has 0 unspecified atom stereocenters. The number of aromatic nitrogens is 1. The minimum atomic E-state index is -3.34. The van der Waals surface area contributed by atoms with Crippen LogP contribution in [0.2, 0.25) is 0 Å². The number of carbonyl (C=O) groups excluding carboxylic acids is 1.